The summed E-state index contributed by atoms with van der Waals surface area (Å²) in [6, 6.07) is 7.21. The third-order valence-electron chi connectivity index (χ3n) is 5.49. The smallest absolute Gasteiger partial charge is 0.00131 e. The Bertz CT molecular complexity index is 720. The largest absolute Gasteiger partial charge is 0.0584 e. The van der Waals surface area contributed by atoms with Crippen LogP contribution in [0.25, 0.3) is 11.1 Å². The van der Waals surface area contributed by atoms with Gasteiger partial charge in [-0.1, -0.05) is 18.2 Å². The van der Waals surface area contributed by atoms with Crippen molar-refractivity contribution in [2.45, 2.75) is 52.9 Å². The molecule has 0 heterocycles. The molecule has 2 aromatic carbocycles. The molecular formula is C20H22. The van der Waals surface area contributed by atoms with E-state index in [-0.39, 0.29) is 0 Å². The van der Waals surface area contributed by atoms with Gasteiger partial charge >= 0.3 is 0 Å². The fraction of sp³-hybridized carbons (Fsp3) is 0.400. The Labute approximate surface area is 121 Å². The van der Waals surface area contributed by atoms with E-state index in [0.717, 1.165) is 6.42 Å². The predicted molar refractivity (Wildman–Crippen MR) is 85.5 cm³/mol. The molecule has 102 valence electrons. The van der Waals surface area contributed by atoms with Gasteiger partial charge in [0.25, 0.3) is 0 Å². The Morgan fingerprint density at radius 2 is 1.50 bits per heavy atom. The highest BCUT2D eigenvalue weighted by atomic mass is 14.3. The topological polar surface area (TPSA) is 0 Å². The lowest BCUT2D eigenvalue weighted by Gasteiger charge is -2.21. The van der Waals surface area contributed by atoms with E-state index in [1.54, 1.807) is 33.4 Å². The molecule has 0 saturated heterocycles. The minimum atomic E-state index is 1.14. The zero-order valence-electron chi connectivity index (χ0n) is 12.8. The lowest BCUT2D eigenvalue weighted by atomic mass is 9.84. The molecule has 0 aliphatic heterocycles. The molecule has 0 radical (unpaired) electrons. The lowest BCUT2D eigenvalue weighted by Crippen LogP contribution is -2.05. The summed E-state index contributed by atoms with van der Waals surface area (Å²) in [7, 11) is 0. The van der Waals surface area contributed by atoms with Crippen LogP contribution in [0.3, 0.4) is 0 Å². The first-order valence-corrected chi connectivity index (χ1v) is 7.90. The maximum Gasteiger partial charge on any atom is -0.00131 e. The molecule has 0 N–H and O–H groups in total. The molecule has 0 nitrogen and oxygen atoms in total. The first-order valence-electron chi connectivity index (χ1n) is 7.90. The van der Waals surface area contributed by atoms with Crippen molar-refractivity contribution in [2.75, 3.05) is 0 Å². The maximum atomic E-state index is 2.42. The fourth-order valence-corrected chi connectivity index (χ4v) is 4.19. The van der Waals surface area contributed by atoms with E-state index in [2.05, 4.69) is 39.0 Å². The van der Waals surface area contributed by atoms with E-state index in [9.17, 15) is 0 Å². The van der Waals surface area contributed by atoms with Gasteiger partial charge in [-0.3, -0.25) is 0 Å². The van der Waals surface area contributed by atoms with E-state index < -0.39 is 0 Å². The Morgan fingerprint density at radius 1 is 0.750 bits per heavy atom. The summed E-state index contributed by atoms with van der Waals surface area (Å²) in [5.74, 6) is 0. The molecule has 2 aromatic rings. The molecule has 0 unspecified atom stereocenters. The van der Waals surface area contributed by atoms with Crippen LogP contribution < -0.4 is 0 Å². The van der Waals surface area contributed by atoms with Gasteiger partial charge < -0.3 is 0 Å². The summed E-state index contributed by atoms with van der Waals surface area (Å²) in [6.45, 7) is 6.85. The van der Waals surface area contributed by atoms with E-state index >= 15 is 0 Å². The molecule has 0 saturated carbocycles. The molecule has 4 rings (SSSR count). The molecule has 2 aliphatic carbocycles. The Kier molecular flexibility index (Phi) is 2.57. The van der Waals surface area contributed by atoms with Crippen LogP contribution in [0.1, 0.15) is 51.8 Å². The van der Waals surface area contributed by atoms with Crippen LogP contribution >= 0.6 is 0 Å². The molecule has 0 spiro atoms. The number of rotatable bonds is 0. The number of hydrogen-bond acceptors (Lipinski definition) is 0. The summed E-state index contributed by atoms with van der Waals surface area (Å²) < 4.78 is 0. The third-order valence-corrected chi connectivity index (χ3v) is 5.49. The monoisotopic (exact) mass is 262 g/mol. The predicted octanol–water partition coefficient (Wildman–Crippen LogP) is 5.06. The van der Waals surface area contributed by atoms with Crippen molar-refractivity contribution >= 4 is 0 Å². The van der Waals surface area contributed by atoms with Crippen molar-refractivity contribution in [2.24, 2.45) is 0 Å². The van der Waals surface area contributed by atoms with Crippen molar-refractivity contribution in [1.82, 2.24) is 0 Å². The number of aryl methyl sites for hydroxylation is 2. The van der Waals surface area contributed by atoms with Crippen molar-refractivity contribution in [3.63, 3.8) is 0 Å². The van der Waals surface area contributed by atoms with Crippen LogP contribution in [0.4, 0.5) is 0 Å². The second kappa shape index (κ2) is 4.22. The molecule has 0 aromatic heterocycles. The summed E-state index contributed by atoms with van der Waals surface area (Å²) in [5.41, 5.74) is 14.0. The lowest BCUT2D eigenvalue weighted by molar-refractivity contribution is 0.686. The first kappa shape index (κ1) is 12.2. The highest BCUT2D eigenvalue weighted by Crippen LogP contribution is 2.45. The number of hydrogen-bond donors (Lipinski definition) is 0. The molecule has 0 atom stereocenters. The van der Waals surface area contributed by atoms with Gasteiger partial charge in [0.05, 0.1) is 0 Å². The normalized spacial score (nSPS) is 15.8. The summed E-state index contributed by atoms with van der Waals surface area (Å²) >= 11 is 0. The van der Waals surface area contributed by atoms with Crippen LogP contribution in [-0.2, 0) is 19.3 Å². The van der Waals surface area contributed by atoms with E-state index in [0.29, 0.717) is 0 Å². The zero-order chi connectivity index (χ0) is 13.9. The highest BCUT2D eigenvalue weighted by Gasteiger charge is 2.26. The van der Waals surface area contributed by atoms with Gasteiger partial charge in [0, 0.05) is 0 Å². The standard InChI is InChI=1S/C20H22/c1-12-10-17-11-16-9-8-15-6-4-5-7-18(15)20(16)19(17)14(3)13(12)2/h8-10H,4-7,11H2,1-3H3. The quantitative estimate of drug-likeness (QED) is 0.531. The Balaban J connectivity index is 2.04. The van der Waals surface area contributed by atoms with Crippen LogP contribution in [-0.4, -0.2) is 0 Å². The number of fused-ring (bicyclic) bond motifs is 5. The van der Waals surface area contributed by atoms with Crippen LogP contribution in [0.5, 0.6) is 0 Å². The zero-order valence-corrected chi connectivity index (χ0v) is 12.8. The maximum absolute atomic E-state index is 2.42. The average molecular weight is 262 g/mol. The fourth-order valence-electron chi connectivity index (χ4n) is 4.19. The molecular weight excluding hydrogens is 240 g/mol. The van der Waals surface area contributed by atoms with Gasteiger partial charge in [-0.25, -0.2) is 0 Å². The average Bonchev–Trinajstić information content (AvgIpc) is 2.83. The molecule has 0 amide bonds. The summed E-state index contributed by atoms with van der Waals surface area (Å²) in [5, 5.41) is 0. The SMILES string of the molecule is Cc1cc2c(c(C)c1C)-c1c(ccc3c1CCCC3)C2. The summed E-state index contributed by atoms with van der Waals surface area (Å²) in [4.78, 5) is 0. The minimum absolute atomic E-state index is 1.14. The first-order chi connectivity index (χ1) is 9.66. The molecule has 0 bridgehead atoms. The third kappa shape index (κ3) is 1.54. The molecule has 2 aliphatic rings. The van der Waals surface area contributed by atoms with E-state index in [1.807, 2.05) is 0 Å². The van der Waals surface area contributed by atoms with Crippen molar-refractivity contribution in [3.05, 3.63) is 57.1 Å². The molecule has 0 heteroatoms. The highest BCUT2D eigenvalue weighted by molar-refractivity contribution is 5.84. The van der Waals surface area contributed by atoms with Gasteiger partial charge in [0.2, 0.25) is 0 Å². The van der Waals surface area contributed by atoms with Gasteiger partial charge in [0.15, 0.2) is 0 Å². The van der Waals surface area contributed by atoms with Crippen molar-refractivity contribution in [3.8, 4) is 11.1 Å². The van der Waals surface area contributed by atoms with Crippen molar-refractivity contribution in [1.29, 1.82) is 0 Å². The summed E-state index contributed by atoms with van der Waals surface area (Å²) in [6.07, 6.45) is 6.43. The van der Waals surface area contributed by atoms with Crippen LogP contribution in [0.2, 0.25) is 0 Å². The van der Waals surface area contributed by atoms with E-state index in [1.165, 1.54) is 42.4 Å². The Hall–Kier alpha value is -1.56. The molecule has 20 heavy (non-hydrogen) atoms. The second-order valence-corrected chi connectivity index (χ2v) is 6.60. The second-order valence-electron chi connectivity index (χ2n) is 6.60. The minimum Gasteiger partial charge on any atom is -0.0584 e. The number of benzene rings is 2. The van der Waals surface area contributed by atoms with E-state index in [4.69, 9.17) is 0 Å². The van der Waals surface area contributed by atoms with Gasteiger partial charge in [-0.05, 0) is 103 Å². The van der Waals surface area contributed by atoms with Gasteiger partial charge in [-0.2, -0.15) is 0 Å². The van der Waals surface area contributed by atoms with Crippen LogP contribution in [0, 0.1) is 20.8 Å². The van der Waals surface area contributed by atoms with Gasteiger partial charge in [-0.15, -0.1) is 0 Å². The van der Waals surface area contributed by atoms with Crippen molar-refractivity contribution < 1.29 is 0 Å². The van der Waals surface area contributed by atoms with Crippen LogP contribution in [0.15, 0.2) is 18.2 Å². The molecule has 0 fully saturated rings. The van der Waals surface area contributed by atoms with Gasteiger partial charge in [0.1, 0.15) is 0 Å². The Morgan fingerprint density at radius 3 is 2.35 bits per heavy atom.